The van der Waals surface area contributed by atoms with Crippen molar-refractivity contribution in [2.75, 3.05) is 0 Å². The zero-order chi connectivity index (χ0) is 34.1. The number of hydrogen-bond donors (Lipinski definition) is 0. The number of aromatic nitrogens is 3. The minimum Gasteiger partial charge on any atom is -0.208 e. The van der Waals surface area contributed by atoms with Crippen molar-refractivity contribution in [3.8, 4) is 56.4 Å². The van der Waals surface area contributed by atoms with Crippen LogP contribution >= 0.6 is 0 Å². The van der Waals surface area contributed by atoms with E-state index in [0.29, 0.717) is 17.5 Å². The molecule has 3 nitrogen and oxygen atoms in total. The molecule has 1 aliphatic rings. The Kier molecular flexibility index (Phi) is 6.53. The van der Waals surface area contributed by atoms with Gasteiger partial charge in [0.05, 0.1) is 0 Å². The first-order valence-electron chi connectivity index (χ1n) is 17.5. The quantitative estimate of drug-likeness (QED) is 0.178. The molecule has 1 aliphatic carbocycles. The van der Waals surface area contributed by atoms with Crippen LogP contribution in [0.4, 0.5) is 0 Å². The van der Waals surface area contributed by atoms with E-state index in [1.54, 1.807) is 0 Å². The van der Waals surface area contributed by atoms with Gasteiger partial charge in [-0.2, -0.15) is 0 Å². The molecule has 0 N–H and O–H groups in total. The summed E-state index contributed by atoms with van der Waals surface area (Å²) in [6.45, 7) is 4.75. The van der Waals surface area contributed by atoms with E-state index in [1.165, 1.54) is 54.6 Å². The van der Waals surface area contributed by atoms with Crippen LogP contribution in [0.2, 0.25) is 0 Å². The maximum Gasteiger partial charge on any atom is 0.164 e. The van der Waals surface area contributed by atoms with Gasteiger partial charge in [0, 0.05) is 22.1 Å². The molecule has 51 heavy (non-hydrogen) atoms. The third kappa shape index (κ3) is 4.62. The Hall–Kier alpha value is -6.45. The van der Waals surface area contributed by atoms with Crippen LogP contribution in [0, 0.1) is 0 Å². The molecule has 0 radical (unpaired) electrons. The first kappa shape index (κ1) is 29.5. The molecule has 0 atom stereocenters. The lowest BCUT2D eigenvalue weighted by atomic mass is 9.79. The van der Waals surface area contributed by atoms with Crippen molar-refractivity contribution in [1.29, 1.82) is 0 Å². The van der Waals surface area contributed by atoms with Crippen LogP contribution < -0.4 is 0 Å². The van der Waals surface area contributed by atoms with E-state index in [1.807, 2.05) is 60.7 Å². The highest BCUT2D eigenvalue weighted by atomic mass is 15.0. The van der Waals surface area contributed by atoms with Gasteiger partial charge in [-0.15, -0.1) is 0 Å². The van der Waals surface area contributed by atoms with Crippen LogP contribution in [0.15, 0.2) is 164 Å². The molecule has 240 valence electrons. The predicted octanol–water partition coefficient (Wildman–Crippen LogP) is 12.3. The first-order chi connectivity index (χ1) is 25.0. The minimum atomic E-state index is -0.0776. The van der Waals surface area contributed by atoms with Gasteiger partial charge >= 0.3 is 0 Å². The molecule has 0 spiro atoms. The summed E-state index contributed by atoms with van der Waals surface area (Å²) in [6, 6.07) is 58.3. The van der Waals surface area contributed by atoms with Gasteiger partial charge in [-0.05, 0) is 77.8 Å². The smallest absolute Gasteiger partial charge is 0.164 e. The van der Waals surface area contributed by atoms with Crippen LogP contribution in [-0.2, 0) is 5.41 Å². The molecule has 1 aromatic heterocycles. The monoisotopic (exact) mass is 651 g/mol. The average Bonchev–Trinajstić information content (AvgIpc) is 3.44. The van der Waals surface area contributed by atoms with E-state index in [9.17, 15) is 0 Å². The topological polar surface area (TPSA) is 38.7 Å². The van der Waals surface area contributed by atoms with Crippen molar-refractivity contribution in [3.05, 3.63) is 175 Å². The average molecular weight is 652 g/mol. The summed E-state index contributed by atoms with van der Waals surface area (Å²) in [4.78, 5) is 14.8. The molecule has 0 amide bonds. The molecular weight excluding hydrogens is 619 g/mol. The van der Waals surface area contributed by atoms with Crippen molar-refractivity contribution in [3.63, 3.8) is 0 Å². The minimum absolute atomic E-state index is 0.0776. The summed E-state index contributed by atoms with van der Waals surface area (Å²) >= 11 is 0. The number of rotatable bonds is 4. The fourth-order valence-electron chi connectivity index (χ4n) is 8.28. The third-order valence-electron chi connectivity index (χ3n) is 10.7. The third-order valence-corrected chi connectivity index (χ3v) is 10.7. The van der Waals surface area contributed by atoms with E-state index >= 15 is 0 Å². The first-order valence-corrected chi connectivity index (χ1v) is 17.5. The SMILES string of the molecule is CC1(C)c2ccccc2-c2c1c1ccccc1c1c2ccc2cc(-c3cccc(-c4nc(-c5ccccc5)nc(-c5ccccc5)n4)c3)ccc21. The Morgan fingerprint density at radius 2 is 0.941 bits per heavy atom. The molecule has 3 heteroatoms. The van der Waals surface area contributed by atoms with Crippen LogP contribution in [0.1, 0.15) is 25.0 Å². The molecule has 0 saturated heterocycles. The maximum absolute atomic E-state index is 4.98. The molecule has 0 bridgehead atoms. The van der Waals surface area contributed by atoms with Crippen molar-refractivity contribution < 1.29 is 0 Å². The molecule has 1 heterocycles. The second-order valence-electron chi connectivity index (χ2n) is 14.0. The predicted molar refractivity (Wildman–Crippen MR) is 212 cm³/mol. The second-order valence-corrected chi connectivity index (χ2v) is 14.0. The highest BCUT2D eigenvalue weighted by Crippen LogP contribution is 2.55. The Morgan fingerprint density at radius 3 is 1.67 bits per heavy atom. The summed E-state index contributed by atoms with van der Waals surface area (Å²) < 4.78 is 0. The van der Waals surface area contributed by atoms with Crippen molar-refractivity contribution >= 4 is 32.3 Å². The van der Waals surface area contributed by atoms with Gasteiger partial charge in [0.2, 0.25) is 0 Å². The summed E-state index contributed by atoms with van der Waals surface area (Å²) in [5, 5.41) is 7.78. The Labute approximate surface area is 297 Å². The van der Waals surface area contributed by atoms with E-state index in [-0.39, 0.29) is 5.41 Å². The molecule has 0 unspecified atom stereocenters. The lowest BCUT2D eigenvalue weighted by Crippen LogP contribution is -2.15. The number of hydrogen-bond acceptors (Lipinski definition) is 3. The fraction of sp³-hybridized carbons (Fsp3) is 0.0625. The van der Waals surface area contributed by atoms with Crippen LogP contribution in [-0.4, -0.2) is 15.0 Å². The molecule has 0 saturated carbocycles. The van der Waals surface area contributed by atoms with E-state index in [4.69, 9.17) is 15.0 Å². The van der Waals surface area contributed by atoms with Gasteiger partial charge in [0.1, 0.15) is 0 Å². The number of benzene rings is 8. The molecule has 0 fully saturated rings. The highest BCUT2D eigenvalue weighted by Gasteiger charge is 2.38. The van der Waals surface area contributed by atoms with Crippen molar-refractivity contribution in [2.24, 2.45) is 0 Å². The zero-order valence-corrected chi connectivity index (χ0v) is 28.4. The molecule has 10 rings (SSSR count). The van der Waals surface area contributed by atoms with Gasteiger partial charge in [0.25, 0.3) is 0 Å². The largest absolute Gasteiger partial charge is 0.208 e. The Balaban J connectivity index is 1.13. The maximum atomic E-state index is 4.98. The summed E-state index contributed by atoms with van der Waals surface area (Å²) in [6.07, 6.45) is 0. The molecule has 9 aromatic rings. The van der Waals surface area contributed by atoms with Crippen molar-refractivity contribution in [2.45, 2.75) is 19.3 Å². The van der Waals surface area contributed by atoms with Gasteiger partial charge in [-0.1, -0.05) is 166 Å². The Morgan fingerprint density at radius 1 is 0.392 bits per heavy atom. The van der Waals surface area contributed by atoms with E-state index in [2.05, 4.69) is 117 Å². The lowest BCUT2D eigenvalue weighted by molar-refractivity contribution is 0.666. The van der Waals surface area contributed by atoms with Gasteiger partial charge < -0.3 is 0 Å². The van der Waals surface area contributed by atoms with Gasteiger partial charge in [0.15, 0.2) is 17.5 Å². The normalized spacial score (nSPS) is 13.1. The van der Waals surface area contributed by atoms with Crippen molar-refractivity contribution in [1.82, 2.24) is 15.0 Å². The second kappa shape index (κ2) is 11.3. The summed E-state index contributed by atoms with van der Waals surface area (Å²) in [5.41, 5.74) is 10.6. The highest BCUT2D eigenvalue weighted by molar-refractivity contribution is 6.26. The summed E-state index contributed by atoms with van der Waals surface area (Å²) in [5.74, 6) is 1.97. The number of nitrogens with zero attached hydrogens (tertiary/aromatic N) is 3. The Bertz CT molecular complexity index is 2760. The van der Waals surface area contributed by atoms with Crippen LogP contribution in [0.25, 0.3) is 88.7 Å². The molecular formula is C48H33N3. The van der Waals surface area contributed by atoms with Gasteiger partial charge in [-0.3, -0.25) is 0 Å². The molecule has 0 aliphatic heterocycles. The van der Waals surface area contributed by atoms with E-state index < -0.39 is 0 Å². The number of fused-ring (bicyclic) bond motifs is 10. The van der Waals surface area contributed by atoms with Crippen LogP contribution in [0.5, 0.6) is 0 Å². The molecule has 8 aromatic carbocycles. The lowest BCUT2D eigenvalue weighted by Gasteiger charge is -2.24. The fourth-order valence-corrected chi connectivity index (χ4v) is 8.28. The summed E-state index contributed by atoms with van der Waals surface area (Å²) in [7, 11) is 0. The van der Waals surface area contributed by atoms with Gasteiger partial charge in [-0.25, -0.2) is 15.0 Å². The van der Waals surface area contributed by atoms with Crippen LogP contribution in [0.3, 0.4) is 0 Å². The van der Waals surface area contributed by atoms with E-state index in [0.717, 1.165) is 27.8 Å². The zero-order valence-electron chi connectivity index (χ0n) is 28.4. The standard InChI is InChI=1S/C48H33N3/c1-48(2)41-23-12-11-22-39(41)43-40-27-25-34-28-33(24-26-36(34)42(40)37-20-9-10-21-38(37)44(43)48)32-18-13-19-35(29-32)47-50-45(30-14-5-3-6-15-30)49-46(51-47)31-16-7-4-8-17-31/h3-29H,1-2H3.